The molecule has 8 heteroatoms. The highest BCUT2D eigenvalue weighted by Gasteiger charge is 2.34. The van der Waals surface area contributed by atoms with Crippen molar-refractivity contribution in [2.75, 3.05) is 31.6 Å². The maximum Gasteiger partial charge on any atom is 0.253 e. The number of ether oxygens (including phenoxy) is 1. The number of hydrogen-bond donors (Lipinski definition) is 2. The number of hydrogen-bond acceptors (Lipinski definition) is 4. The smallest absolute Gasteiger partial charge is 0.253 e. The summed E-state index contributed by atoms with van der Waals surface area (Å²) >= 11 is 0. The van der Waals surface area contributed by atoms with E-state index < -0.39 is 5.92 Å². The number of carbonyl (C=O) groups is 3. The summed E-state index contributed by atoms with van der Waals surface area (Å²) < 4.78 is 18.6. The van der Waals surface area contributed by atoms with E-state index in [-0.39, 0.29) is 36.1 Å². The summed E-state index contributed by atoms with van der Waals surface area (Å²) in [6.45, 7) is 1.94. The molecular formula is C25H28FN3O4. The number of benzene rings is 2. The Balaban J connectivity index is 1.32. The highest BCUT2D eigenvalue weighted by atomic mass is 19.1. The lowest BCUT2D eigenvalue weighted by Gasteiger charge is -2.17. The summed E-state index contributed by atoms with van der Waals surface area (Å²) in [6, 6.07) is 13.0. The van der Waals surface area contributed by atoms with Crippen LogP contribution in [0.3, 0.4) is 0 Å². The summed E-state index contributed by atoms with van der Waals surface area (Å²) in [7, 11) is 0. The Bertz CT molecular complexity index is 1000. The third-order valence-electron chi connectivity index (χ3n) is 6.11. The number of nitrogens with zero attached hydrogens (tertiary/aromatic N) is 1. The van der Waals surface area contributed by atoms with Crippen molar-refractivity contribution in [3.63, 3.8) is 0 Å². The van der Waals surface area contributed by atoms with Crippen molar-refractivity contribution in [2.24, 2.45) is 5.92 Å². The van der Waals surface area contributed by atoms with E-state index in [0.29, 0.717) is 43.9 Å². The maximum absolute atomic E-state index is 13.1. The van der Waals surface area contributed by atoms with Gasteiger partial charge in [0.15, 0.2) is 0 Å². The molecule has 0 unspecified atom stereocenters. The van der Waals surface area contributed by atoms with E-state index in [4.69, 9.17) is 4.74 Å². The minimum Gasteiger partial charge on any atom is -0.376 e. The van der Waals surface area contributed by atoms with Gasteiger partial charge in [-0.2, -0.15) is 0 Å². The molecular weight excluding hydrogens is 425 g/mol. The Morgan fingerprint density at radius 1 is 1.12 bits per heavy atom. The predicted molar refractivity (Wildman–Crippen MR) is 121 cm³/mol. The molecule has 33 heavy (non-hydrogen) atoms. The molecule has 3 amide bonds. The zero-order valence-corrected chi connectivity index (χ0v) is 18.4. The van der Waals surface area contributed by atoms with Gasteiger partial charge in [-0.25, -0.2) is 4.39 Å². The summed E-state index contributed by atoms with van der Waals surface area (Å²) in [5, 5.41) is 5.70. The van der Waals surface area contributed by atoms with Crippen molar-refractivity contribution < 1.29 is 23.5 Å². The molecule has 2 heterocycles. The summed E-state index contributed by atoms with van der Waals surface area (Å²) in [4.78, 5) is 39.6. The van der Waals surface area contributed by atoms with Gasteiger partial charge >= 0.3 is 0 Å². The van der Waals surface area contributed by atoms with E-state index in [0.717, 1.165) is 18.4 Å². The molecule has 2 atom stereocenters. The van der Waals surface area contributed by atoms with Crippen LogP contribution in [-0.2, 0) is 20.7 Å². The fourth-order valence-corrected chi connectivity index (χ4v) is 4.21. The average Bonchev–Trinajstić information content (AvgIpc) is 3.47. The van der Waals surface area contributed by atoms with Crippen LogP contribution in [0, 0.1) is 11.7 Å². The number of para-hydroxylation sites is 1. The number of rotatable bonds is 8. The largest absolute Gasteiger partial charge is 0.376 e. The van der Waals surface area contributed by atoms with Gasteiger partial charge in [-0.05, 0) is 49.1 Å². The molecule has 2 aliphatic heterocycles. The highest BCUT2D eigenvalue weighted by molar-refractivity contribution is 6.05. The van der Waals surface area contributed by atoms with Gasteiger partial charge in [-0.1, -0.05) is 24.3 Å². The van der Waals surface area contributed by atoms with Crippen molar-refractivity contribution in [2.45, 2.75) is 31.8 Å². The Hall–Kier alpha value is -3.26. The molecule has 0 aliphatic carbocycles. The fourth-order valence-electron chi connectivity index (χ4n) is 4.21. The molecule has 2 fully saturated rings. The maximum atomic E-state index is 13.1. The Kier molecular flexibility index (Phi) is 7.34. The second kappa shape index (κ2) is 10.6. The first-order valence-electron chi connectivity index (χ1n) is 11.3. The molecule has 0 radical (unpaired) electrons. The van der Waals surface area contributed by atoms with Gasteiger partial charge in [0.25, 0.3) is 5.91 Å². The lowest BCUT2D eigenvalue weighted by Crippen LogP contribution is -2.33. The van der Waals surface area contributed by atoms with E-state index in [1.54, 1.807) is 41.3 Å². The average molecular weight is 454 g/mol. The van der Waals surface area contributed by atoms with E-state index in [1.807, 2.05) is 0 Å². The zero-order valence-electron chi connectivity index (χ0n) is 18.4. The number of anilines is 1. The van der Waals surface area contributed by atoms with Gasteiger partial charge in [0.05, 0.1) is 23.3 Å². The number of halogens is 1. The molecule has 174 valence electrons. The van der Waals surface area contributed by atoms with Crippen LogP contribution < -0.4 is 10.6 Å². The van der Waals surface area contributed by atoms with E-state index in [1.165, 1.54) is 12.1 Å². The topological polar surface area (TPSA) is 87.7 Å². The molecule has 2 aromatic rings. The molecule has 4 rings (SSSR count). The first kappa shape index (κ1) is 22.9. The first-order chi connectivity index (χ1) is 16.0. The van der Waals surface area contributed by atoms with Crippen LogP contribution in [-0.4, -0.2) is 55.0 Å². The zero-order chi connectivity index (χ0) is 23.2. The van der Waals surface area contributed by atoms with E-state index in [9.17, 15) is 18.8 Å². The van der Waals surface area contributed by atoms with Crippen LogP contribution >= 0.6 is 0 Å². The van der Waals surface area contributed by atoms with Crippen molar-refractivity contribution in [1.82, 2.24) is 10.2 Å². The molecule has 0 spiro atoms. The second-order valence-corrected chi connectivity index (χ2v) is 8.50. The number of carbonyl (C=O) groups excluding carboxylic acids is 3. The Morgan fingerprint density at radius 3 is 2.67 bits per heavy atom. The van der Waals surface area contributed by atoms with Gasteiger partial charge in [-0.15, -0.1) is 0 Å². The van der Waals surface area contributed by atoms with Gasteiger partial charge in [0, 0.05) is 32.7 Å². The lowest BCUT2D eigenvalue weighted by molar-refractivity contribution is -0.128. The number of amides is 3. The van der Waals surface area contributed by atoms with Crippen molar-refractivity contribution >= 4 is 23.4 Å². The molecule has 2 aromatic carbocycles. The van der Waals surface area contributed by atoms with E-state index >= 15 is 0 Å². The van der Waals surface area contributed by atoms with Crippen LogP contribution in [0.5, 0.6) is 0 Å². The Morgan fingerprint density at radius 2 is 1.91 bits per heavy atom. The van der Waals surface area contributed by atoms with Gasteiger partial charge in [0.2, 0.25) is 11.8 Å². The molecule has 2 aliphatic rings. The second-order valence-electron chi connectivity index (χ2n) is 8.50. The predicted octanol–water partition coefficient (Wildman–Crippen LogP) is 2.76. The lowest BCUT2D eigenvalue weighted by atomic mass is 10.1. The molecule has 2 saturated heterocycles. The van der Waals surface area contributed by atoms with Gasteiger partial charge < -0.3 is 20.3 Å². The third kappa shape index (κ3) is 5.96. The quantitative estimate of drug-likeness (QED) is 0.644. The monoisotopic (exact) mass is 453 g/mol. The van der Waals surface area contributed by atoms with E-state index in [2.05, 4.69) is 10.6 Å². The van der Waals surface area contributed by atoms with Gasteiger partial charge in [0.1, 0.15) is 5.82 Å². The normalized spacial score (nSPS) is 20.2. The van der Waals surface area contributed by atoms with Crippen molar-refractivity contribution in [3.05, 3.63) is 65.5 Å². The summed E-state index contributed by atoms with van der Waals surface area (Å²) in [5.41, 5.74) is 1.73. The Labute approximate surface area is 192 Å². The molecule has 0 aromatic heterocycles. The minimum absolute atomic E-state index is 0.0288. The van der Waals surface area contributed by atoms with Crippen LogP contribution in [0.15, 0.2) is 48.5 Å². The molecule has 7 nitrogen and oxygen atoms in total. The molecule has 2 N–H and O–H groups in total. The summed E-state index contributed by atoms with van der Waals surface area (Å²) in [5.74, 6) is -1.43. The van der Waals surface area contributed by atoms with Crippen molar-refractivity contribution in [3.8, 4) is 0 Å². The number of nitrogens with one attached hydrogen (secondary N) is 2. The fraction of sp³-hybridized carbons (Fsp3) is 0.400. The SMILES string of the molecule is O=C(NC[C@H]1CCCO1)c1ccccc1NC(=O)[C@H]1CC(=O)N(CCc2ccc(F)cc2)C1. The molecule has 0 saturated carbocycles. The van der Waals surface area contributed by atoms with Crippen LogP contribution in [0.4, 0.5) is 10.1 Å². The highest BCUT2D eigenvalue weighted by Crippen LogP contribution is 2.22. The molecule has 0 bridgehead atoms. The van der Waals surface area contributed by atoms with Gasteiger partial charge in [-0.3, -0.25) is 14.4 Å². The first-order valence-corrected chi connectivity index (χ1v) is 11.3. The minimum atomic E-state index is -0.492. The van der Waals surface area contributed by atoms with Crippen LogP contribution in [0.1, 0.15) is 35.2 Å². The van der Waals surface area contributed by atoms with Crippen molar-refractivity contribution in [1.29, 1.82) is 0 Å². The van der Waals surface area contributed by atoms with Crippen LogP contribution in [0.2, 0.25) is 0 Å². The standard InChI is InChI=1S/C25H28FN3O4/c26-19-9-7-17(8-10-19)11-12-29-16-18(14-23(29)30)24(31)28-22-6-2-1-5-21(22)25(32)27-15-20-4-3-13-33-20/h1-2,5-10,18,20H,3-4,11-16H2,(H,27,32)(H,28,31)/t18-,20+/m0/s1. The summed E-state index contributed by atoms with van der Waals surface area (Å²) in [6.07, 6.45) is 2.66. The van der Waals surface area contributed by atoms with Crippen LogP contribution in [0.25, 0.3) is 0 Å². The third-order valence-corrected chi connectivity index (χ3v) is 6.11. The number of likely N-dealkylation sites (tertiary alicyclic amines) is 1.